The van der Waals surface area contributed by atoms with Crippen LogP contribution in [0.25, 0.3) is 10.9 Å². The minimum atomic E-state index is -0.607. The van der Waals surface area contributed by atoms with Gasteiger partial charge in [0.2, 0.25) is 0 Å². The number of hydrogen-bond donors (Lipinski definition) is 3. The lowest BCUT2D eigenvalue weighted by molar-refractivity contribution is 0.0991. The highest BCUT2D eigenvalue weighted by molar-refractivity contribution is 6.31. The number of hydrogen-bond acceptors (Lipinski definition) is 4. The fourth-order valence-electron chi connectivity index (χ4n) is 2.65. The van der Waals surface area contributed by atoms with Gasteiger partial charge in [0.1, 0.15) is 17.3 Å². The molecule has 0 fully saturated rings. The number of fused-ring (bicyclic) bond motifs is 1. The fourth-order valence-corrected chi connectivity index (χ4v) is 2.86. The third kappa shape index (κ3) is 3.20. The molecule has 0 unspecified atom stereocenters. The number of primary amides is 1. The van der Waals surface area contributed by atoms with Crippen molar-refractivity contribution in [2.24, 2.45) is 12.8 Å². The number of anilines is 1. The summed E-state index contributed by atoms with van der Waals surface area (Å²) in [5, 5.41) is 7.87. The van der Waals surface area contributed by atoms with E-state index in [0.717, 1.165) is 6.07 Å². The summed E-state index contributed by atoms with van der Waals surface area (Å²) in [6.45, 7) is 1.75. The molecule has 1 amide bonds. The molecule has 0 aliphatic rings. The van der Waals surface area contributed by atoms with Crippen LogP contribution in [-0.2, 0) is 7.05 Å². The van der Waals surface area contributed by atoms with Crippen molar-refractivity contribution in [1.29, 1.82) is 0 Å². The molecule has 130 valence electrons. The van der Waals surface area contributed by atoms with E-state index in [-0.39, 0.29) is 16.2 Å². The average Bonchev–Trinajstić information content (AvgIpc) is 2.88. The molecule has 3 rings (SSSR count). The number of nitrogens with one attached hydrogen (secondary N) is 2. The first kappa shape index (κ1) is 17.0. The molecule has 4 N–H and O–H groups in total. The van der Waals surface area contributed by atoms with Crippen LogP contribution in [0.5, 0.6) is 0 Å². The van der Waals surface area contributed by atoms with E-state index in [1.807, 2.05) is 0 Å². The van der Waals surface area contributed by atoms with Crippen molar-refractivity contribution in [2.45, 2.75) is 13.0 Å². The molecule has 1 atom stereocenters. The first-order chi connectivity index (χ1) is 11.8. The maximum Gasteiger partial charge on any atom is 0.267 e. The van der Waals surface area contributed by atoms with Crippen LogP contribution in [0.2, 0.25) is 5.02 Å². The van der Waals surface area contributed by atoms with Crippen molar-refractivity contribution < 1.29 is 9.18 Å². The molecular weight excluding hydrogens is 349 g/mol. The van der Waals surface area contributed by atoms with Crippen molar-refractivity contribution in [3.63, 3.8) is 0 Å². The van der Waals surface area contributed by atoms with Gasteiger partial charge in [0.15, 0.2) is 0 Å². The number of halogens is 2. The van der Waals surface area contributed by atoms with Gasteiger partial charge in [-0.2, -0.15) is 5.10 Å². The summed E-state index contributed by atoms with van der Waals surface area (Å²) in [5.74, 6) is -0.812. The number of benzene rings is 1. The summed E-state index contributed by atoms with van der Waals surface area (Å²) in [4.78, 5) is 26.1. The number of H-pyrrole nitrogens is 1. The highest BCUT2D eigenvalue weighted by atomic mass is 35.5. The van der Waals surface area contributed by atoms with Crippen molar-refractivity contribution in [3.8, 4) is 0 Å². The van der Waals surface area contributed by atoms with E-state index >= 15 is 0 Å². The molecule has 0 saturated heterocycles. The first-order valence-corrected chi connectivity index (χ1v) is 7.76. The maximum atomic E-state index is 13.9. The molecule has 1 aromatic carbocycles. The van der Waals surface area contributed by atoms with Crippen molar-refractivity contribution in [3.05, 3.63) is 56.7 Å². The predicted octanol–water partition coefficient (Wildman–Crippen LogP) is 2.33. The molecule has 2 heterocycles. The van der Waals surface area contributed by atoms with Gasteiger partial charge < -0.3 is 16.0 Å². The normalized spacial score (nSPS) is 12.3. The molecule has 0 aliphatic heterocycles. The Morgan fingerprint density at radius 3 is 2.76 bits per heavy atom. The van der Waals surface area contributed by atoms with Gasteiger partial charge in [0, 0.05) is 29.1 Å². The number of rotatable bonds is 4. The lowest BCUT2D eigenvalue weighted by Gasteiger charge is -2.13. The van der Waals surface area contributed by atoms with Crippen LogP contribution in [-0.4, -0.2) is 20.7 Å². The Bertz CT molecular complexity index is 1040. The Kier molecular flexibility index (Phi) is 4.22. The Hall–Kier alpha value is -2.87. The van der Waals surface area contributed by atoms with Crippen LogP contribution in [0.4, 0.5) is 10.2 Å². The third-order valence-corrected chi connectivity index (χ3v) is 4.08. The Labute approximate surface area is 146 Å². The zero-order valence-corrected chi connectivity index (χ0v) is 14.2. The molecule has 0 spiro atoms. The molecule has 7 nitrogen and oxygen atoms in total. The predicted molar refractivity (Wildman–Crippen MR) is 93.3 cm³/mol. The van der Waals surface area contributed by atoms with Crippen LogP contribution in [0.3, 0.4) is 0 Å². The second-order valence-corrected chi connectivity index (χ2v) is 6.11. The maximum absolute atomic E-state index is 13.9. The minimum absolute atomic E-state index is 0.0965. The van der Waals surface area contributed by atoms with Crippen LogP contribution < -0.4 is 16.6 Å². The van der Waals surface area contributed by atoms with E-state index in [0.29, 0.717) is 16.8 Å². The number of pyridine rings is 1. The van der Waals surface area contributed by atoms with Gasteiger partial charge >= 0.3 is 0 Å². The van der Waals surface area contributed by atoms with Gasteiger partial charge in [0.25, 0.3) is 11.5 Å². The molecule has 9 heteroatoms. The largest absolute Gasteiger partial charge is 0.364 e. The molecular formula is C16H15ClFN5O2. The van der Waals surface area contributed by atoms with E-state index in [1.165, 1.54) is 10.7 Å². The number of aromatic amines is 1. The summed E-state index contributed by atoms with van der Waals surface area (Å²) >= 11 is 5.87. The van der Waals surface area contributed by atoms with Gasteiger partial charge in [-0.05, 0) is 25.1 Å². The lowest BCUT2D eigenvalue weighted by Crippen LogP contribution is -2.20. The Morgan fingerprint density at radius 1 is 1.40 bits per heavy atom. The van der Waals surface area contributed by atoms with Gasteiger partial charge in [-0.15, -0.1) is 0 Å². The van der Waals surface area contributed by atoms with Crippen molar-refractivity contribution in [2.75, 3.05) is 5.32 Å². The summed E-state index contributed by atoms with van der Waals surface area (Å²) in [6, 6.07) is 5.31. The number of nitrogens with zero attached hydrogens (tertiary/aromatic N) is 2. The average molecular weight is 364 g/mol. The molecule has 0 radical (unpaired) electrons. The van der Waals surface area contributed by atoms with Gasteiger partial charge in [-0.3, -0.25) is 14.3 Å². The zero-order valence-electron chi connectivity index (χ0n) is 13.4. The summed E-state index contributed by atoms with van der Waals surface area (Å²) in [5.41, 5.74) is 5.53. The van der Waals surface area contributed by atoms with E-state index in [9.17, 15) is 14.0 Å². The van der Waals surface area contributed by atoms with Gasteiger partial charge in [0.05, 0.1) is 11.6 Å². The quantitative estimate of drug-likeness (QED) is 0.661. The zero-order chi connectivity index (χ0) is 18.3. The second-order valence-electron chi connectivity index (χ2n) is 5.67. The van der Waals surface area contributed by atoms with E-state index in [1.54, 1.807) is 26.1 Å². The van der Waals surface area contributed by atoms with E-state index in [2.05, 4.69) is 15.4 Å². The molecule has 25 heavy (non-hydrogen) atoms. The standard InChI is InChI=1S/C16H15ClFN5O2/c1-7(20-13-6-12(15(19)24)23(2)22-13)10-4-8-3-9(17)5-11(18)14(8)21-16(10)25/h3-7H,1-2H3,(H2,19,24)(H,20,22)(H,21,25)/t7-/m0/s1. The monoisotopic (exact) mass is 363 g/mol. The second kappa shape index (κ2) is 6.21. The highest BCUT2D eigenvalue weighted by Crippen LogP contribution is 2.24. The number of amides is 1. The lowest BCUT2D eigenvalue weighted by atomic mass is 10.1. The van der Waals surface area contributed by atoms with Crippen LogP contribution in [0.1, 0.15) is 29.0 Å². The number of aryl methyl sites for hydroxylation is 1. The minimum Gasteiger partial charge on any atom is -0.364 e. The summed E-state index contributed by atoms with van der Waals surface area (Å²) in [6.07, 6.45) is 0. The fraction of sp³-hybridized carbons (Fsp3) is 0.188. The summed E-state index contributed by atoms with van der Waals surface area (Å²) < 4.78 is 15.2. The van der Waals surface area contributed by atoms with Crippen LogP contribution in [0.15, 0.2) is 29.1 Å². The smallest absolute Gasteiger partial charge is 0.267 e. The first-order valence-electron chi connectivity index (χ1n) is 7.38. The van der Waals surface area contributed by atoms with Crippen LogP contribution in [0, 0.1) is 5.82 Å². The molecule has 3 aromatic rings. The van der Waals surface area contributed by atoms with E-state index in [4.69, 9.17) is 17.3 Å². The Morgan fingerprint density at radius 2 is 2.12 bits per heavy atom. The SMILES string of the molecule is C[C@H](Nc1cc(C(N)=O)n(C)n1)c1cc2cc(Cl)cc(F)c2[nH]c1=O. The number of nitrogens with two attached hydrogens (primary N) is 1. The van der Waals surface area contributed by atoms with Gasteiger partial charge in [-0.1, -0.05) is 11.6 Å². The molecule has 2 aromatic heterocycles. The summed E-state index contributed by atoms with van der Waals surface area (Å²) in [7, 11) is 1.59. The van der Waals surface area contributed by atoms with Crippen molar-refractivity contribution in [1.82, 2.24) is 14.8 Å². The van der Waals surface area contributed by atoms with Crippen molar-refractivity contribution >= 4 is 34.2 Å². The number of carbonyl (C=O) groups is 1. The van der Waals surface area contributed by atoms with Crippen LogP contribution >= 0.6 is 11.6 Å². The molecule has 0 saturated carbocycles. The van der Waals surface area contributed by atoms with E-state index < -0.39 is 23.3 Å². The Balaban J connectivity index is 1.98. The number of aromatic nitrogens is 3. The topological polar surface area (TPSA) is 106 Å². The molecule has 0 bridgehead atoms. The molecule has 0 aliphatic carbocycles. The third-order valence-electron chi connectivity index (χ3n) is 3.86. The highest BCUT2D eigenvalue weighted by Gasteiger charge is 2.16. The number of carbonyl (C=O) groups excluding carboxylic acids is 1. The van der Waals surface area contributed by atoms with Gasteiger partial charge in [-0.25, -0.2) is 4.39 Å².